The fraction of sp³-hybridized carbons (Fsp3) is 0.364. The lowest BCUT2D eigenvalue weighted by atomic mass is 9.97. The van der Waals surface area contributed by atoms with Gasteiger partial charge >= 0.3 is 0 Å². The minimum absolute atomic E-state index is 0.00162. The number of rotatable bonds is 5. The molecule has 1 atom stereocenters. The third kappa shape index (κ3) is 4.12. The molecule has 1 aliphatic heterocycles. The SMILES string of the molecule is Cc1sc(NC(=O)c2ccco2)c([C@@H](c2ccccn2)N2CCN(C)CC2)c1C. The van der Waals surface area contributed by atoms with E-state index in [0.29, 0.717) is 5.76 Å². The minimum atomic E-state index is -0.226. The van der Waals surface area contributed by atoms with Crippen LogP contribution in [0.15, 0.2) is 47.2 Å². The molecule has 1 amide bonds. The van der Waals surface area contributed by atoms with E-state index in [1.54, 1.807) is 23.5 Å². The molecule has 1 N–H and O–H groups in total. The summed E-state index contributed by atoms with van der Waals surface area (Å²) in [5, 5.41) is 3.96. The van der Waals surface area contributed by atoms with Crippen LogP contribution in [0.4, 0.5) is 5.00 Å². The van der Waals surface area contributed by atoms with Gasteiger partial charge in [-0.05, 0) is 50.7 Å². The summed E-state index contributed by atoms with van der Waals surface area (Å²) in [5.74, 6) is 0.0873. The average Bonchev–Trinajstić information content (AvgIpc) is 3.35. The third-order valence-corrected chi connectivity index (χ3v) is 6.69. The first-order chi connectivity index (χ1) is 14.0. The fourth-order valence-electron chi connectivity index (χ4n) is 3.77. The molecule has 0 spiro atoms. The van der Waals surface area contributed by atoms with Crippen LogP contribution in [-0.2, 0) is 0 Å². The number of pyridine rings is 1. The summed E-state index contributed by atoms with van der Waals surface area (Å²) < 4.78 is 5.28. The van der Waals surface area contributed by atoms with Crippen LogP contribution in [0.5, 0.6) is 0 Å². The molecule has 0 bridgehead atoms. The largest absolute Gasteiger partial charge is 0.459 e. The van der Waals surface area contributed by atoms with Crippen molar-refractivity contribution in [3.05, 3.63) is 70.3 Å². The van der Waals surface area contributed by atoms with Gasteiger partial charge in [0.05, 0.1) is 18.0 Å². The van der Waals surface area contributed by atoms with Gasteiger partial charge in [-0.1, -0.05) is 6.07 Å². The molecule has 1 aliphatic rings. The zero-order chi connectivity index (χ0) is 20.4. The van der Waals surface area contributed by atoms with E-state index < -0.39 is 0 Å². The molecule has 29 heavy (non-hydrogen) atoms. The third-order valence-electron chi connectivity index (χ3n) is 5.55. The van der Waals surface area contributed by atoms with Gasteiger partial charge in [-0.25, -0.2) is 0 Å². The van der Waals surface area contributed by atoms with Crippen molar-refractivity contribution in [2.24, 2.45) is 0 Å². The van der Waals surface area contributed by atoms with Crippen LogP contribution >= 0.6 is 11.3 Å². The van der Waals surface area contributed by atoms with Crippen molar-refractivity contribution in [3.63, 3.8) is 0 Å². The number of anilines is 1. The van der Waals surface area contributed by atoms with Gasteiger partial charge in [0, 0.05) is 42.8 Å². The number of carbonyl (C=O) groups is 1. The first-order valence-electron chi connectivity index (χ1n) is 9.83. The Morgan fingerprint density at radius 2 is 1.97 bits per heavy atom. The molecular weight excluding hydrogens is 384 g/mol. The molecule has 7 heteroatoms. The number of carbonyl (C=O) groups excluding carboxylic acids is 1. The Kier molecular flexibility index (Phi) is 5.80. The monoisotopic (exact) mass is 410 g/mol. The summed E-state index contributed by atoms with van der Waals surface area (Å²) in [6.45, 7) is 8.18. The van der Waals surface area contributed by atoms with Crippen LogP contribution in [-0.4, -0.2) is 53.9 Å². The summed E-state index contributed by atoms with van der Waals surface area (Å²) in [6.07, 6.45) is 3.36. The molecule has 0 aromatic carbocycles. The van der Waals surface area contributed by atoms with Crippen molar-refractivity contribution >= 4 is 22.2 Å². The van der Waals surface area contributed by atoms with Gasteiger partial charge in [0.15, 0.2) is 5.76 Å². The molecule has 3 aromatic heterocycles. The van der Waals surface area contributed by atoms with Crippen molar-refractivity contribution in [2.75, 3.05) is 38.5 Å². The van der Waals surface area contributed by atoms with E-state index >= 15 is 0 Å². The molecule has 4 heterocycles. The lowest BCUT2D eigenvalue weighted by molar-refractivity contribution is 0.0996. The van der Waals surface area contributed by atoms with Crippen molar-refractivity contribution in [2.45, 2.75) is 19.9 Å². The number of nitrogens with zero attached hydrogens (tertiary/aromatic N) is 3. The Hall–Kier alpha value is -2.48. The van der Waals surface area contributed by atoms with E-state index in [4.69, 9.17) is 4.42 Å². The Morgan fingerprint density at radius 1 is 1.17 bits per heavy atom. The fourth-order valence-corrected chi connectivity index (χ4v) is 4.86. The molecule has 1 saturated heterocycles. The Morgan fingerprint density at radius 3 is 2.62 bits per heavy atom. The summed E-state index contributed by atoms with van der Waals surface area (Å²) in [7, 11) is 2.15. The summed E-state index contributed by atoms with van der Waals surface area (Å²) in [4.78, 5) is 23.4. The molecule has 3 aromatic rings. The Bertz CT molecular complexity index is 960. The van der Waals surface area contributed by atoms with E-state index in [0.717, 1.165) is 42.4 Å². The van der Waals surface area contributed by atoms with Crippen molar-refractivity contribution in [1.82, 2.24) is 14.8 Å². The van der Waals surface area contributed by atoms with E-state index in [1.165, 1.54) is 16.7 Å². The molecule has 6 nitrogen and oxygen atoms in total. The van der Waals surface area contributed by atoms with E-state index in [1.807, 2.05) is 18.3 Å². The first-order valence-corrected chi connectivity index (χ1v) is 10.6. The number of aromatic nitrogens is 1. The van der Waals surface area contributed by atoms with Crippen LogP contribution in [0.1, 0.15) is 38.3 Å². The first kappa shape index (κ1) is 19.8. The van der Waals surface area contributed by atoms with E-state index in [2.05, 4.69) is 47.1 Å². The second-order valence-electron chi connectivity index (χ2n) is 7.45. The number of furan rings is 1. The zero-order valence-electron chi connectivity index (χ0n) is 17.0. The quantitative estimate of drug-likeness (QED) is 0.690. The minimum Gasteiger partial charge on any atom is -0.459 e. The van der Waals surface area contributed by atoms with Gasteiger partial charge in [0.25, 0.3) is 5.91 Å². The second kappa shape index (κ2) is 8.49. The summed E-state index contributed by atoms with van der Waals surface area (Å²) >= 11 is 1.62. The Labute approximate surface area is 175 Å². The molecule has 0 unspecified atom stereocenters. The van der Waals surface area contributed by atoms with Gasteiger partial charge in [0.1, 0.15) is 5.00 Å². The van der Waals surface area contributed by atoms with Crippen LogP contribution in [0.25, 0.3) is 0 Å². The number of thiophene rings is 1. The molecule has 0 radical (unpaired) electrons. The van der Waals surface area contributed by atoms with Crippen LogP contribution < -0.4 is 5.32 Å². The second-order valence-corrected chi connectivity index (χ2v) is 8.68. The molecule has 152 valence electrons. The lowest BCUT2D eigenvalue weighted by Crippen LogP contribution is -2.46. The highest BCUT2D eigenvalue weighted by atomic mass is 32.1. The number of amides is 1. The standard InChI is InChI=1S/C22H26N4O2S/c1-15-16(2)29-22(24-21(27)18-8-6-14-28-18)19(15)20(17-7-4-5-9-23-17)26-12-10-25(3)11-13-26/h4-9,14,20H,10-13H2,1-3H3,(H,24,27)/t20-/m1/s1. The van der Waals surface area contributed by atoms with E-state index in [9.17, 15) is 4.79 Å². The van der Waals surface area contributed by atoms with Gasteiger partial charge in [-0.3, -0.25) is 14.7 Å². The number of hydrogen-bond acceptors (Lipinski definition) is 6. The molecule has 1 fully saturated rings. The van der Waals surface area contributed by atoms with Crippen LogP contribution in [0, 0.1) is 13.8 Å². The predicted molar refractivity (Wildman–Crippen MR) is 116 cm³/mol. The normalized spacial score (nSPS) is 16.7. The highest BCUT2D eigenvalue weighted by molar-refractivity contribution is 7.16. The number of nitrogens with one attached hydrogen (secondary N) is 1. The number of aryl methyl sites for hydroxylation is 1. The maximum absolute atomic E-state index is 12.7. The topological polar surface area (TPSA) is 61.6 Å². The number of hydrogen-bond donors (Lipinski definition) is 1. The van der Waals surface area contributed by atoms with Gasteiger partial charge in [0.2, 0.25) is 0 Å². The molecular formula is C22H26N4O2S. The summed E-state index contributed by atoms with van der Waals surface area (Å²) in [6, 6.07) is 9.45. The Balaban J connectivity index is 1.75. The predicted octanol–water partition coefficient (Wildman–Crippen LogP) is 3.94. The smallest absolute Gasteiger partial charge is 0.291 e. The zero-order valence-corrected chi connectivity index (χ0v) is 17.8. The van der Waals surface area contributed by atoms with Gasteiger partial charge in [-0.2, -0.15) is 0 Å². The maximum Gasteiger partial charge on any atom is 0.291 e. The highest BCUT2D eigenvalue weighted by Crippen LogP contribution is 2.42. The van der Waals surface area contributed by atoms with E-state index in [-0.39, 0.29) is 11.9 Å². The van der Waals surface area contributed by atoms with Crippen LogP contribution in [0.3, 0.4) is 0 Å². The molecule has 0 saturated carbocycles. The van der Waals surface area contributed by atoms with Gasteiger partial charge < -0.3 is 14.6 Å². The molecule has 4 rings (SSSR count). The lowest BCUT2D eigenvalue weighted by Gasteiger charge is -2.38. The highest BCUT2D eigenvalue weighted by Gasteiger charge is 2.32. The molecule has 0 aliphatic carbocycles. The number of piperazine rings is 1. The maximum atomic E-state index is 12.7. The average molecular weight is 411 g/mol. The summed E-state index contributed by atoms with van der Waals surface area (Å²) in [5.41, 5.74) is 3.35. The van der Waals surface area contributed by atoms with Crippen molar-refractivity contribution < 1.29 is 9.21 Å². The van der Waals surface area contributed by atoms with Crippen LogP contribution in [0.2, 0.25) is 0 Å². The van der Waals surface area contributed by atoms with Crippen molar-refractivity contribution in [3.8, 4) is 0 Å². The van der Waals surface area contributed by atoms with Crippen molar-refractivity contribution in [1.29, 1.82) is 0 Å². The van der Waals surface area contributed by atoms with Gasteiger partial charge in [-0.15, -0.1) is 11.3 Å². The number of likely N-dealkylation sites (N-methyl/N-ethyl adjacent to an activating group) is 1.